The van der Waals surface area contributed by atoms with Gasteiger partial charge in [0.05, 0.1) is 0 Å². The maximum absolute atomic E-state index is 11.0. The Labute approximate surface area is 99.7 Å². The second-order valence-corrected chi connectivity index (χ2v) is 3.67. The monoisotopic (exact) mass is 236 g/mol. The lowest BCUT2D eigenvalue weighted by molar-refractivity contribution is -0.134. The molecule has 0 heterocycles. The quantitative estimate of drug-likeness (QED) is 0.586. The Bertz CT molecular complexity index is 401. The predicted octanol–water partition coefficient (Wildman–Crippen LogP) is 0.877. The highest BCUT2D eigenvalue weighted by Crippen LogP contribution is 2.18. The second kappa shape index (κ2) is 6.00. The van der Waals surface area contributed by atoms with E-state index in [1.807, 2.05) is 0 Å². The fraction of sp³-hybridized carbons (Fsp3) is 0.333. The summed E-state index contributed by atoms with van der Waals surface area (Å²) in [5, 5.41) is 0. The number of amides is 1. The zero-order valence-electron chi connectivity index (χ0n) is 9.68. The summed E-state index contributed by atoms with van der Waals surface area (Å²) in [5.41, 5.74) is 11.6. The molecule has 1 amide bonds. The number of nitrogens with two attached hydrogens (primary N) is 2. The molecular weight excluding hydrogens is 220 g/mol. The number of esters is 1. The van der Waals surface area contributed by atoms with E-state index in [0.717, 1.165) is 5.56 Å². The van der Waals surface area contributed by atoms with Gasteiger partial charge in [0.1, 0.15) is 5.75 Å². The number of carbonyl (C=O) groups is 2. The van der Waals surface area contributed by atoms with Gasteiger partial charge in [0.25, 0.3) is 0 Å². The molecule has 5 nitrogen and oxygen atoms in total. The fourth-order valence-corrected chi connectivity index (χ4v) is 1.32. The van der Waals surface area contributed by atoms with E-state index in [4.69, 9.17) is 16.2 Å². The van der Waals surface area contributed by atoms with E-state index in [9.17, 15) is 9.59 Å². The molecule has 1 aromatic rings. The average molecular weight is 236 g/mol. The number of rotatable bonds is 5. The molecule has 0 spiro atoms. The van der Waals surface area contributed by atoms with Crippen molar-refractivity contribution < 1.29 is 14.3 Å². The fourth-order valence-electron chi connectivity index (χ4n) is 1.32. The molecule has 0 saturated carbocycles. The van der Waals surface area contributed by atoms with Crippen molar-refractivity contribution in [2.45, 2.75) is 25.8 Å². The van der Waals surface area contributed by atoms with E-state index < -0.39 is 11.9 Å². The van der Waals surface area contributed by atoms with Gasteiger partial charge in [-0.2, -0.15) is 0 Å². The zero-order chi connectivity index (χ0) is 12.8. The molecular formula is C12H16N2O3. The molecule has 92 valence electrons. The molecule has 0 aliphatic heterocycles. The van der Waals surface area contributed by atoms with Gasteiger partial charge in [-0.1, -0.05) is 19.1 Å². The lowest BCUT2D eigenvalue weighted by Gasteiger charge is -2.10. The van der Waals surface area contributed by atoms with E-state index in [2.05, 4.69) is 0 Å². The van der Waals surface area contributed by atoms with Gasteiger partial charge in [-0.15, -0.1) is 0 Å². The normalized spacial score (nSPS) is 11.9. The molecule has 0 bridgehead atoms. The highest BCUT2D eigenvalue weighted by molar-refractivity contribution is 5.74. The topological polar surface area (TPSA) is 95.4 Å². The molecule has 17 heavy (non-hydrogen) atoms. The Morgan fingerprint density at radius 1 is 1.29 bits per heavy atom. The van der Waals surface area contributed by atoms with Gasteiger partial charge in [0.2, 0.25) is 5.91 Å². The zero-order valence-corrected chi connectivity index (χ0v) is 9.68. The van der Waals surface area contributed by atoms with Crippen LogP contribution in [0.15, 0.2) is 24.3 Å². The molecule has 1 aromatic carbocycles. The lowest BCUT2D eigenvalue weighted by Crippen LogP contribution is -2.20. The molecule has 0 aliphatic rings. The van der Waals surface area contributed by atoms with Gasteiger partial charge in [0.15, 0.2) is 0 Å². The summed E-state index contributed by atoms with van der Waals surface area (Å²) in [5.74, 6) is -0.273. The molecule has 0 saturated heterocycles. The van der Waals surface area contributed by atoms with Crippen molar-refractivity contribution in [2.75, 3.05) is 0 Å². The Morgan fingerprint density at radius 3 is 2.35 bits per heavy atom. The number of hydrogen-bond donors (Lipinski definition) is 2. The van der Waals surface area contributed by atoms with Crippen LogP contribution >= 0.6 is 0 Å². The van der Waals surface area contributed by atoms with E-state index in [0.29, 0.717) is 12.2 Å². The number of primary amides is 1. The van der Waals surface area contributed by atoms with E-state index >= 15 is 0 Å². The van der Waals surface area contributed by atoms with Crippen molar-refractivity contribution in [1.29, 1.82) is 0 Å². The molecule has 0 fully saturated rings. The minimum atomic E-state index is -0.445. The number of benzene rings is 1. The third kappa shape index (κ3) is 4.24. The van der Waals surface area contributed by atoms with Crippen LogP contribution in [0.1, 0.15) is 31.4 Å². The van der Waals surface area contributed by atoms with Crippen LogP contribution in [-0.4, -0.2) is 11.9 Å². The molecule has 5 heteroatoms. The highest BCUT2D eigenvalue weighted by Gasteiger charge is 2.09. The van der Waals surface area contributed by atoms with Crippen LogP contribution in [0, 0.1) is 0 Å². The van der Waals surface area contributed by atoms with Crippen molar-refractivity contribution in [3.05, 3.63) is 29.8 Å². The summed E-state index contributed by atoms with van der Waals surface area (Å²) in [6.07, 6.45) is 0.414. The van der Waals surface area contributed by atoms with Crippen LogP contribution < -0.4 is 16.2 Å². The van der Waals surface area contributed by atoms with Gasteiger partial charge in [0, 0.05) is 18.9 Å². The van der Waals surface area contributed by atoms with Crippen LogP contribution in [0.3, 0.4) is 0 Å². The number of ether oxygens (including phenoxy) is 1. The van der Waals surface area contributed by atoms with Crippen LogP contribution in [0.25, 0.3) is 0 Å². The average Bonchev–Trinajstić information content (AvgIpc) is 2.28. The molecule has 0 aromatic heterocycles. The van der Waals surface area contributed by atoms with Crippen LogP contribution in [-0.2, 0) is 9.59 Å². The third-order valence-electron chi connectivity index (χ3n) is 2.25. The van der Waals surface area contributed by atoms with Crippen LogP contribution in [0.5, 0.6) is 5.75 Å². The summed E-state index contributed by atoms with van der Waals surface area (Å²) in [6, 6.07) is 6.29. The van der Waals surface area contributed by atoms with Gasteiger partial charge in [-0.05, 0) is 17.7 Å². The Morgan fingerprint density at radius 2 is 1.88 bits per heavy atom. The minimum absolute atomic E-state index is 0.0914. The molecule has 1 rings (SSSR count). The maximum Gasteiger partial charge on any atom is 0.310 e. The number of carbonyl (C=O) groups excluding carboxylic acids is 2. The van der Waals surface area contributed by atoms with Crippen molar-refractivity contribution in [1.82, 2.24) is 0 Å². The van der Waals surface area contributed by atoms with Crippen molar-refractivity contribution >= 4 is 11.9 Å². The molecule has 1 unspecified atom stereocenters. The summed E-state index contributed by atoms with van der Waals surface area (Å²) >= 11 is 0. The Hall–Kier alpha value is -1.88. The minimum Gasteiger partial charge on any atom is -0.427 e. The SMILES string of the molecule is CCC(=O)Oc1ccc(C(N)CC(N)=O)cc1. The second-order valence-electron chi connectivity index (χ2n) is 3.67. The summed E-state index contributed by atoms with van der Waals surface area (Å²) in [6.45, 7) is 1.72. The van der Waals surface area contributed by atoms with E-state index in [1.165, 1.54) is 0 Å². The van der Waals surface area contributed by atoms with Crippen LogP contribution in [0.4, 0.5) is 0 Å². The largest absolute Gasteiger partial charge is 0.427 e. The first-order chi connectivity index (χ1) is 8.02. The van der Waals surface area contributed by atoms with Crippen molar-refractivity contribution in [2.24, 2.45) is 11.5 Å². The smallest absolute Gasteiger partial charge is 0.310 e. The standard InChI is InChI=1S/C12H16N2O3/c1-2-12(16)17-9-5-3-8(4-6-9)10(13)7-11(14)15/h3-6,10H,2,7,13H2,1H3,(H2,14,15). The van der Waals surface area contributed by atoms with Gasteiger partial charge in [-0.25, -0.2) is 0 Å². The summed E-state index contributed by atoms with van der Waals surface area (Å²) in [4.78, 5) is 21.7. The summed E-state index contributed by atoms with van der Waals surface area (Å²) < 4.78 is 5.01. The van der Waals surface area contributed by atoms with Gasteiger partial charge in [-0.3, -0.25) is 9.59 Å². The Kier molecular flexibility index (Phi) is 4.66. The van der Waals surface area contributed by atoms with Crippen molar-refractivity contribution in [3.8, 4) is 5.75 Å². The lowest BCUT2D eigenvalue weighted by atomic mass is 10.0. The first-order valence-electron chi connectivity index (χ1n) is 5.37. The maximum atomic E-state index is 11.0. The van der Waals surface area contributed by atoms with Crippen LogP contribution in [0.2, 0.25) is 0 Å². The van der Waals surface area contributed by atoms with Gasteiger partial charge < -0.3 is 16.2 Å². The van der Waals surface area contributed by atoms with E-state index in [-0.39, 0.29) is 12.4 Å². The molecule has 0 aliphatic carbocycles. The molecule has 4 N–H and O–H groups in total. The highest BCUT2D eigenvalue weighted by atomic mass is 16.5. The van der Waals surface area contributed by atoms with E-state index in [1.54, 1.807) is 31.2 Å². The molecule has 1 atom stereocenters. The summed E-state index contributed by atoms with van der Waals surface area (Å²) in [7, 11) is 0. The number of hydrogen-bond acceptors (Lipinski definition) is 4. The first-order valence-corrected chi connectivity index (χ1v) is 5.37. The predicted molar refractivity (Wildman–Crippen MR) is 63.1 cm³/mol. The van der Waals surface area contributed by atoms with Crippen molar-refractivity contribution in [3.63, 3.8) is 0 Å². The first kappa shape index (κ1) is 13.2. The third-order valence-corrected chi connectivity index (χ3v) is 2.25. The molecule has 0 radical (unpaired) electrons. The van der Waals surface area contributed by atoms with Gasteiger partial charge >= 0.3 is 5.97 Å². The Balaban J connectivity index is 2.67.